The van der Waals surface area contributed by atoms with Crippen LogP contribution in [0.4, 0.5) is 0 Å². The van der Waals surface area contributed by atoms with E-state index in [9.17, 15) is 5.11 Å². The van der Waals surface area contributed by atoms with Crippen LogP contribution in [0.25, 0.3) is 10.8 Å². The number of benzene rings is 2. The number of hydrogen-bond acceptors (Lipinski definition) is 4. The third-order valence-corrected chi connectivity index (χ3v) is 3.26. The minimum atomic E-state index is -0.522. The van der Waals surface area contributed by atoms with Crippen molar-refractivity contribution >= 4 is 10.8 Å². The lowest BCUT2D eigenvalue weighted by Gasteiger charge is -2.14. The molecule has 2 aromatic carbocycles. The highest BCUT2D eigenvalue weighted by Crippen LogP contribution is 2.25. The van der Waals surface area contributed by atoms with E-state index in [2.05, 4.69) is 17.4 Å². The van der Waals surface area contributed by atoms with Crippen molar-refractivity contribution < 1.29 is 14.6 Å². The summed E-state index contributed by atoms with van der Waals surface area (Å²) in [6.07, 6.45) is 0.416. The van der Waals surface area contributed by atoms with Crippen LogP contribution in [0.5, 0.6) is 5.75 Å². The molecule has 0 aromatic heterocycles. The molecule has 0 radical (unpaired) electrons. The first kappa shape index (κ1) is 15.8. The molecule has 114 valence electrons. The second-order valence-electron chi connectivity index (χ2n) is 4.99. The minimum Gasteiger partial charge on any atom is -0.490 e. The Morgan fingerprint density at radius 2 is 1.95 bits per heavy atom. The van der Waals surface area contributed by atoms with Crippen LogP contribution in [0.2, 0.25) is 0 Å². The van der Waals surface area contributed by atoms with Gasteiger partial charge in [0.1, 0.15) is 18.5 Å². The maximum absolute atomic E-state index is 9.92. The van der Waals surface area contributed by atoms with E-state index in [0.29, 0.717) is 6.54 Å². The average Bonchev–Trinajstić information content (AvgIpc) is 2.52. The van der Waals surface area contributed by atoms with E-state index in [1.54, 1.807) is 7.11 Å². The van der Waals surface area contributed by atoms with Crippen molar-refractivity contribution in [2.24, 2.45) is 0 Å². The van der Waals surface area contributed by atoms with Crippen LogP contribution in [0.3, 0.4) is 0 Å². The number of methoxy groups -OCH3 is 1. The summed E-state index contributed by atoms with van der Waals surface area (Å²) in [6, 6.07) is 14.0. The molecular formula is C17H23NO3. The quantitative estimate of drug-likeness (QED) is 0.695. The molecule has 21 heavy (non-hydrogen) atoms. The normalized spacial score (nSPS) is 12.5. The summed E-state index contributed by atoms with van der Waals surface area (Å²) in [5.41, 5.74) is 0. The second kappa shape index (κ2) is 8.62. The van der Waals surface area contributed by atoms with Gasteiger partial charge in [-0.3, -0.25) is 0 Å². The molecule has 1 atom stereocenters. The van der Waals surface area contributed by atoms with E-state index >= 15 is 0 Å². The number of hydrogen-bond donors (Lipinski definition) is 2. The van der Waals surface area contributed by atoms with Crippen molar-refractivity contribution in [1.29, 1.82) is 0 Å². The SMILES string of the molecule is COCCCNC[C@@H](O)COc1cccc2ccccc12. The molecule has 0 aliphatic rings. The van der Waals surface area contributed by atoms with Crippen LogP contribution >= 0.6 is 0 Å². The number of ether oxygens (including phenoxy) is 2. The van der Waals surface area contributed by atoms with Crippen molar-refractivity contribution in [2.45, 2.75) is 12.5 Å². The van der Waals surface area contributed by atoms with Crippen LogP contribution in [-0.4, -0.2) is 44.6 Å². The van der Waals surface area contributed by atoms with E-state index in [0.717, 1.165) is 36.1 Å². The zero-order valence-electron chi connectivity index (χ0n) is 12.4. The van der Waals surface area contributed by atoms with E-state index in [-0.39, 0.29) is 6.61 Å². The lowest BCUT2D eigenvalue weighted by atomic mass is 10.1. The molecule has 4 nitrogen and oxygen atoms in total. The predicted molar refractivity (Wildman–Crippen MR) is 84.8 cm³/mol. The molecule has 2 aromatic rings. The van der Waals surface area contributed by atoms with Crippen LogP contribution in [-0.2, 0) is 4.74 Å². The fourth-order valence-electron chi connectivity index (χ4n) is 2.18. The second-order valence-corrected chi connectivity index (χ2v) is 4.99. The molecule has 0 saturated heterocycles. The highest BCUT2D eigenvalue weighted by molar-refractivity contribution is 5.88. The molecule has 0 amide bonds. The van der Waals surface area contributed by atoms with Gasteiger partial charge in [-0.05, 0) is 24.4 Å². The summed E-state index contributed by atoms with van der Waals surface area (Å²) in [7, 11) is 1.69. The van der Waals surface area contributed by atoms with Crippen molar-refractivity contribution in [1.82, 2.24) is 5.32 Å². The zero-order chi connectivity index (χ0) is 14.9. The number of aliphatic hydroxyl groups is 1. The molecule has 2 N–H and O–H groups in total. The van der Waals surface area contributed by atoms with Crippen molar-refractivity contribution in [3.05, 3.63) is 42.5 Å². The zero-order valence-corrected chi connectivity index (χ0v) is 12.4. The molecule has 0 aliphatic heterocycles. The van der Waals surface area contributed by atoms with Crippen molar-refractivity contribution in [3.63, 3.8) is 0 Å². The topological polar surface area (TPSA) is 50.7 Å². The molecule has 2 rings (SSSR count). The van der Waals surface area contributed by atoms with E-state index < -0.39 is 6.10 Å². The number of rotatable bonds is 9. The highest BCUT2D eigenvalue weighted by Gasteiger charge is 2.06. The summed E-state index contributed by atoms with van der Waals surface area (Å²) in [4.78, 5) is 0. The smallest absolute Gasteiger partial charge is 0.127 e. The number of nitrogens with one attached hydrogen (secondary N) is 1. The van der Waals surface area contributed by atoms with Gasteiger partial charge in [0.15, 0.2) is 0 Å². The van der Waals surface area contributed by atoms with Gasteiger partial charge in [0.05, 0.1) is 0 Å². The molecule has 0 unspecified atom stereocenters. The first-order valence-electron chi connectivity index (χ1n) is 7.29. The number of aliphatic hydroxyl groups excluding tert-OH is 1. The summed E-state index contributed by atoms with van der Waals surface area (Å²) in [5, 5.41) is 15.3. The molecule has 0 bridgehead atoms. The van der Waals surface area contributed by atoms with Crippen LogP contribution in [0, 0.1) is 0 Å². The Hall–Kier alpha value is -1.62. The molecule has 0 spiro atoms. The largest absolute Gasteiger partial charge is 0.490 e. The van der Waals surface area contributed by atoms with Gasteiger partial charge in [0.2, 0.25) is 0 Å². The van der Waals surface area contributed by atoms with Crippen LogP contribution in [0.15, 0.2) is 42.5 Å². The average molecular weight is 289 g/mol. The van der Waals surface area contributed by atoms with Crippen LogP contribution < -0.4 is 10.1 Å². The Morgan fingerprint density at radius 3 is 2.81 bits per heavy atom. The standard InChI is InChI=1S/C17H23NO3/c1-20-11-5-10-18-12-15(19)13-21-17-9-4-7-14-6-2-3-8-16(14)17/h2-4,6-9,15,18-19H,5,10-13H2,1H3/t15-/m1/s1. The number of fused-ring (bicyclic) bond motifs is 1. The highest BCUT2D eigenvalue weighted by atomic mass is 16.5. The maximum atomic E-state index is 9.92. The molecule has 0 heterocycles. The van der Waals surface area contributed by atoms with Gasteiger partial charge in [-0.1, -0.05) is 36.4 Å². The van der Waals surface area contributed by atoms with Crippen LogP contribution in [0.1, 0.15) is 6.42 Å². The molecular weight excluding hydrogens is 266 g/mol. The summed E-state index contributed by atoms with van der Waals surface area (Å²) < 4.78 is 10.7. The van der Waals surface area contributed by atoms with Gasteiger partial charge in [0.25, 0.3) is 0 Å². The van der Waals surface area contributed by atoms with Gasteiger partial charge >= 0.3 is 0 Å². The van der Waals surface area contributed by atoms with Gasteiger partial charge in [-0.15, -0.1) is 0 Å². The Kier molecular flexibility index (Phi) is 6.47. The monoisotopic (exact) mass is 289 g/mol. The fraction of sp³-hybridized carbons (Fsp3) is 0.412. The van der Waals surface area contributed by atoms with Gasteiger partial charge in [-0.2, -0.15) is 0 Å². The van der Waals surface area contributed by atoms with Crippen molar-refractivity contribution in [3.8, 4) is 5.75 Å². The van der Waals surface area contributed by atoms with Gasteiger partial charge < -0.3 is 19.9 Å². The Balaban J connectivity index is 1.79. The summed E-state index contributed by atoms with van der Waals surface area (Å²) in [6.45, 7) is 2.37. The predicted octanol–water partition coefficient (Wildman–Crippen LogP) is 2.21. The van der Waals surface area contributed by atoms with Gasteiger partial charge in [-0.25, -0.2) is 0 Å². The molecule has 0 aliphatic carbocycles. The van der Waals surface area contributed by atoms with Gasteiger partial charge in [0, 0.05) is 25.6 Å². The first-order chi connectivity index (χ1) is 10.3. The fourth-order valence-corrected chi connectivity index (χ4v) is 2.18. The van der Waals surface area contributed by atoms with Crippen molar-refractivity contribution in [2.75, 3.05) is 33.4 Å². The maximum Gasteiger partial charge on any atom is 0.127 e. The Bertz CT molecular complexity index is 539. The Labute approximate surface area is 125 Å². The molecule has 0 fully saturated rings. The lowest BCUT2D eigenvalue weighted by molar-refractivity contribution is 0.106. The third-order valence-electron chi connectivity index (χ3n) is 3.26. The van der Waals surface area contributed by atoms with E-state index in [4.69, 9.17) is 9.47 Å². The molecule has 4 heteroatoms. The Morgan fingerprint density at radius 1 is 1.14 bits per heavy atom. The first-order valence-corrected chi connectivity index (χ1v) is 7.29. The summed E-state index contributed by atoms with van der Waals surface area (Å²) >= 11 is 0. The summed E-state index contributed by atoms with van der Waals surface area (Å²) in [5.74, 6) is 0.812. The third kappa shape index (κ3) is 5.01. The van der Waals surface area contributed by atoms with E-state index in [1.807, 2.05) is 30.3 Å². The van der Waals surface area contributed by atoms with E-state index in [1.165, 1.54) is 0 Å². The minimum absolute atomic E-state index is 0.283. The lowest BCUT2D eigenvalue weighted by Crippen LogP contribution is -2.32. The molecule has 0 saturated carbocycles.